The van der Waals surface area contributed by atoms with E-state index in [2.05, 4.69) is 25.9 Å². The maximum atomic E-state index is 12.7. The van der Waals surface area contributed by atoms with E-state index < -0.39 is 0 Å². The van der Waals surface area contributed by atoms with Gasteiger partial charge >= 0.3 is 5.69 Å². The SMILES string of the molecule is CNc1ccc2c(c1)Nc1nc(=O)n(C3CCC(NCCCN=C(N)N)CC3)cc1O2. The van der Waals surface area contributed by atoms with Crippen molar-refractivity contribution >= 4 is 23.2 Å². The fourth-order valence-corrected chi connectivity index (χ4v) is 4.15. The number of nitrogens with two attached hydrogens (primary N) is 2. The molecule has 2 heterocycles. The van der Waals surface area contributed by atoms with E-state index in [9.17, 15) is 4.79 Å². The molecule has 0 bridgehead atoms. The largest absolute Gasteiger partial charge is 0.450 e. The van der Waals surface area contributed by atoms with Crippen molar-refractivity contribution < 1.29 is 4.74 Å². The first-order valence-electron chi connectivity index (χ1n) is 10.7. The molecule has 1 aromatic carbocycles. The van der Waals surface area contributed by atoms with E-state index >= 15 is 0 Å². The highest BCUT2D eigenvalue weighted by Crippen LogP contribution is 2.41. The van der Waals surface area contributed by atoms with Crippen LogP contribution in [-0.4, -0.2) is 41.7 Å². The van der Waals surface area contributed by atoms with Gasteiger partial charge in [0.25, 0.3) is 0 Å². The van der Waals surface area contributed by atoms with E-state index in [0.717, 1.165) is 50.0 Å². The first-order valence-corrected chi connectivity index (χ1v) is 10.7. The topological polar surface area (TPSA) is 145 Å². The maximum absolute atomic E-state index is 12.7. The number of nitrogens with zero attached hydrogens (tertiary/aromatic N) is 3. The molecule has 1 aromatic heterocycles. The second-order valence-corrected chi connectivity index (χ2v) is 7.95. The van der Waals surface area contributed by atoms with Crippen molar-refractivity contribution in [2.75, 3.05) is 30.8 Å². The third kappa shape index (κ3) is 4.91. The van der Waals surface area contributed by atoms with E-state index in [1.54, 1.807) is 10.8 Å². The predicted octanol–water partition coefficient (Wildman–Crippen LogP) is 1.87. The summed E-state index contributed by atoms with van der Waals surface area (Å²) in [5.41, 5.74) is 12.2. The Hall–Kier alpha value is -3.27. The summed E-state index contributed by atoms with van der Waals surface area (Å²) in [6.45, 7) is 1.51. The predicted molar refractivity (Wildman–Crippen MR) is 122 cm³/mol. The van der Waals surface area contributed by atoms with Gasteiger partial charge in [-0.25, -0.2) is 4.79 Å². The van der Waals surface area contributed by atoms with E-state index in [1.165, 1.54) is 0 Å². The van der Waals surface area contributed by atoms with Crippen LogP contribution >= 0.6 is 0 Å². The Bertz CT molecular complexity index is 1010. The standard InChI is InChI=1S/C21H30N8O2/c1-24-14-5-8-17-16(11-14)27-19-18(31-17)12-29(21(30)28-19)15-6-3-13(4-7-15)25-9-2-10-26-20(22)23/h5,8,11-13,15,24-25H,2-4,6-7,9-10H2,1H3,(H4,22,23,26)(H,27,28,30). The van der Waals surface area contributed by atoms with Crippen molar-refractivity contribution in [3.05, 3.63) is 34.9 Å². The molecular weight excluding hydrogens is 396 g/mol. The number of anilines is 3. The number of rotatable bonds is 7. The Labute approximate surface area is 181 Å². The number of aliphatic imine (C=N–C) groups is 1. The fraction of sp³-hybridized carbons (Fsp3) is 0.476. The van der Waals surface area contributed by atoms with Gasteiger partial charge in [0.15, 0.2) is 23.3 Å². The second kappa shape index (κ2) is 9.25. The van der Waals surface area contributed by atoms with Gasteiger partial charge in [-0.2, -0.15) is 4.98 Å². The molecule has 0 spiro atoms. The lowest BCUT2D eigenvalue weighted by molar-refractivity contribution is 0.283. The van der Waals surface area contributed by atoms with Crippen molar-refractivity contribution in [3.63, 3.8) is 0 Å². The zero-order chi connectivity index (χ0) is 21.8. The number of guanidine groups is 1. The Kier molecular flexibility index (Phi) is 6.26. The lowest BCUT2D eigenvalue weighted by Crippen LogP contribution is -2.37. The van der Waals surface area contributed by atoms with Crippen molar-refractivity contribution in [2.45, 2.75) is 44.2 Å². The molecule has 31 heavy (non-hydrogen) atoms. The summed E-state index contributed by atoms with van der Waals surface area (Å²) in [5, 5.41) is 9.86. The van der Waals surface area contributed by atoms with Crippen LogP contribution in [0.1, 0.15) is 38.1 Å². The summed E-state index contributed by atoms with van der Waals surface area (Å²) in [7, 11) is 1.85. The van der Waals surface area contributed by atoms with Crippen LogP contribution in [0, 0.1) is 0 Å². The van der Waals surface area contributed by atoms with Crippen molar-refractivity contribution in [1.29, 1.82) is 0 Å². The first kappa shape index (κ1) is 21.0. The molecule has 0 radical (unpaired) electrons. The molecule has 1 saturated carbocycles. The minimum atomic E-state index is -0.253. The number of aromatic nitrogens is 2. The lowest BCUT2D eigenvalue weighted by Gasteiger charge is -2.31. The number of nitrogens with one attached hydrogen (secondary N) is 3. The summed E-state index contributed by atoms with van der Waals surface area (Å²) >= 11 is 0. The normalized spacial score (nSPS) is 19.4. The molecule has 1 fully saturated rings. The van der Waals surface area contributed by atoms with Gasteiger partial charge < -0.3 is 32.2 Å². The van der Waals surface area contributed by atoms with Crippen LogP contribution in [0.3, 0.4) is 0 Å². The summed E-state index contributed by atoms with van der Waals surface area (Å²) < 4.78 is 7.75. The molecule has 0 unspecified atom stereocenters. The highest BCUT2D eigenvalue weighted by Gasteiger charge is 2.26. The van der Waals surface area contributed by atoms with E-state index in [4.69, 9.17) is 16.2 Å². The summed E-state index contributed by atoms with van der Waals surface area (Å²) in [5.74, 6) is 1.88. The molecular formula is C21H30N8O2. The highest BCUT2D eigenvalue weighted by molar-refractivity contribution is 5.76. The van der Waals surface area contributed by atoms with Crippen LogP contribution in [0.2, 0.25) is 0 Å². The minimum absolute atomic E-state index is 0.127. The minimum Gasteiger partial charge on any atom is -0.450 e. The molecule has 1 aliphatic carbocycles. The zero-order valence-corrected chi connectivity index (χ0v) is 17.7. The van der Waals surface area contributed by atoms with Gasteiger partial charge in [0.1, 0.15) is 0 Å². The molecule has 7 N–H and O–H groups in total. The van der Waals surface area contributed by atoms with Crippen LogP contribution < -0.4 is 37.8 Å². The molecule has 0 amide bonds. The van der Waals surface area contributed by atoms with Crippen LogP contribution in [-0.2, 0) is 0 Å². The molecule has 0 saturated heterocycles. The highest BCUT2D eigenvalue weighted by atomic mass is 16.5. The third-order valence-corrected chi connectivity index (χ3v) is 5.81. The summed E-state index contributed by atoms with van der Waals surface area (Å²) in [6.07, 6.45) is 6.54. The molecule has 0 atom stereocenters. The van der Waals surface area contributed by atoms with E-state index in [1.807, 2.05) is 25.2 Å². The Morgan fingerprint density at radius 3 is 2.84 bits per heavy atom. The lowest BCUT2D eigenvalue weighted by atomic mass is 9.91. The number of ether oxygens (including phenoxy) is 1. The average molecular weight is 427 g/mol. The molecule has 4 rings (SSSR count). The number of benzene rings is 1. The molecule has 2 aliphatic rings. The van der Waals surface area contributed by atoms with Crippen molar-refractivity contribution in [1.82, 2.24) is 14.9 Å². The molecule has 10 heteroatoms. The average Bonchev–Trinajstić information content (AvgIpc) is 2.77. The molecule has 2 aromatic rings. The van der Waals surface area contributed by atoms with Crippen molar-refractivity contribution in [2.24, 2.45) is 16.5 Å². The van der Waals surface area contributed by atoms with Crippen LogP contribution in [0.5, 0.6) is 11.5 Å². The van der Waals surface area contributed by atoms with Gasteiger partial charge in [-0.05, 0) is 56.8 Å². The van der Waals surface area contributed by atoms with Gasteiger partial charge in [-0.1, -0.05) is 0 Å². The zero-order valence-electron chi connectivity index (χ0n) is 17.7. The van der Waals surface area contributed by atoms with Gasteiger partial charge in [-0.15, -0.1) is 0 Å². The van der Waals surface area contributed by atoms with Gasteiger partial charge in [0.05, 0.1) is 11.9 Å². The smallest absolute Gasteiger partial charge is 0.350 e. The number of hydrogen-bond donors (Lipinski definition) is 5. The van der Waals surface area contributed by atoms with E-state index in [0.29, 0.717) is 29.9 Å². The van der Waals surface area contributed by atoms with Gasteiger partial charge in [0, 0.05) is 31.4 Å². The molecule has 10 nitrogen and oxygen atoms in total. The van der Waals surface area contributed by atoms with Crippen LogP contribution in [0.15, 0.2) is 34.2 Å². The van der Waals surface area contributed by atoms with Gasteiger partial charge in [-0.3, -0.25) is 9.56 Å². The van der Waals surface area contributed by atoms with Crippen LogP contribution in [0.25, 0.3) is 0 Å². The first-order chi connectivity index (χ1) is 15.0. The Balaban J connectivity index is 1.36. The molecule has 166 valence electrons. The number of fused-ring (bicyclic) bond motifs is 2. The quantitative estimate of drug-likeness (QED) is 0.219. The van der Waals surface area contributed by atoms with Gasteiger partial charge in [0.2, 0.25) is 0 Å². The summed E-state index contributed by atoms with van der Waals surface area (Å²) in [6, 6.07) is 6.35. The molecule has 1 aliphatic heterocycles. The van der Waals surface area contributed by atoms with Crippen molar-refractivity contribution in [3.8, 4) is 11.5 Å². The summed E-state index contributed by atoms with van der Waals surface area (Å²) in [4.78, 5) is 20.9. The Morgan fingerprint density at radius 1 is 1.29 bits per heavy atom. The number of hydrogen-bond acceptors (Lipinski definition) is 7. The van der Waals surface area contributed by atoms with E-state index in [-0.39, 0.29) is 17.7 Å². The fourth-order valence-electron chi connectivity index (χ4n) is 4.15. The van der Waals surface area contributed by atoms with Crippen LogP contribution in [0.4, 0.5) is 17.2 Å². The Morgan fingerprint density at radius 2 is 2.10 bits per heavy atom. The third-order valence-electron chi connectivity index (χ3n) is 5.81. The second-order valence-electron chi connectivity index (χ2n) is 7.95. The maximum Gasteiger partial charge on any atom is 0.350 e. The monoisotopic (exact) mass is 426 g/mol.